The summed E-state index contributed by atoms with van der Waals surface area (Å²) >= 11 is 5.53. The van der Waals surface area contributed by atoms with Crippen LogP contribution in [0.2, 0.25) is 0 Å². The van der Waals surface area contributed by atoms with E-state index in [9.17, 15) is 0 Å². The van der Waals surface area contributed by atoms with Gasteiger partial charge in [-0.05, 0) is 61.9 Å². The number of methoxy groups -OCH3 is 1. The fraction of sp³-hybridized carbons (Fsp3) is 0.409. The number of benzene rings is 2. The maximum atomic E-state index is 5.61. The van der Waals surface area contributed by atoms with Gasteiger partial charge in [0, 0.05) is 18.7 Å². The number of nitrogens with one attached hydrogen (secondary N) is 2. The quantitative estimate of drug-likeness (QED) is 0.676. The molecule has 0 aliphatic carbocycles. The van der Waals surface area contributed by atoms with Gasteiger partial charge in [-0.25, -0.2) is 0 Å². The number of fused-ring (bicyclic) bond motifs is 1. The number of nitrogens with zero attached hydrogens (tertiary/aromatic N) is 1. The minimum Gasteiger partial charge on any atom is -0.496 e. The highest BCUT2D eigenvalue weighted by atomic mass is 32.1. The Labute approximate surface area is 177 Å². The number of thiocarbonyl (C=S) groups is 1. The summed E-state index contributed by atoms with van der Waals surface area (Å²) in [5.74, 6) is 2.50. The number of para-hydroxylation sites is 1. The summed E-state index contributed by atoms with van der Waals surface area (Å²) in [4.78, 5) is 2.51. The highest BCUT2D eigenvalue weighted by molar-refractivity contribution is 7.80. The molecule has 1 saturated heterocycles. The minimum atomic E-state index is 0.221. The number of rotatable bonds is 7. The third-order valence-corrected chi connectivity index (χ3v) is 5.71. The van der Waals surface area contributed by atoms with E-state index in [1.54, 1.807) is 7.11 Å². The smallest absolute Gasteiger partial charge is 0.231 e. The van der Waals surface area contributed by atoms with Crippen LogP contribution in [0.1, 0.15) is 30.0 Å². The van der Waals surface area contributed by atoms with Crippen LogP contribution in [-0.4, -0.2) is 43.5 Å². The third kappa shape index (κ3) is 4.74. The van der Waals surface area contributed by atoms with Gasteiger partial charge in [0.2, 0.25) is 6.79 Å². The van der Waals surface area contributed by atoms with Crippen molar-refractivity contribution in [2.24, 2.45) is 0 Å². The van der Waals surface area contributed by atoms with Crippen molar-refractivity contribution in [3.63, 3.8) is 0 Å². The molecule has 0 bridgehead atoms. The molecule has 2 aromatic rings. The minimum absolute atomic E-state index is 0.221. The molecule has 2 heterocycles. The summed E-state index contributed by atoms with van der Waals surface area (Å²) in [5, 5.41) is 7.33. The molecule has 2 aromatic carbocycles. The van der Waals surface area contributed by atoms with E-state index in [0.29, 0.717) is 11.7 Å². The van der Waals surface area contributed by atoms with Crippen LogP contribution in [0.25, 0.3) is 0 Å². The topological polar surface area (TPSA) is 55.0 Å². The van der Waals surface area contributed by atoms with Gasteiger partial charge in [0.15, 0.2) is 16.6 Å². The molecule has 0 amide bonds. The van der Waals surface area contributed by atoms with Gasteiger partial charge >= 0.3 is 0 Å². The Balaban J connectivity index is 1.36. The van der Waals surface area contributed by atoms with E-state index in [1.165, 1.54) is 18.4 Å². The molecule has 2 aliphatic heterocycles. The normalized spacial score (nSPS) is 16.4. The lowest BCUT2D eigenvalue weighted by atomic mass is 10.0. The first-order valence-corrected chi connectivity index (χ1v) is 10.4. The fourth-order valence-electron chi connectivity index (χ4n) is 3.92. The van der Waals surface area contributed by atoms with Gasteiger partial charge in [-0.3, -0.25) is 4.90 Å². The molecule has 1 fully saturated rings. The standard InChI is InChI=1S/C22H27N3O3S/c1-26-19-7-3-2-6-17(19)18(25-10-4-5-11-25)14-24-22(29)23-13-16-8-9-20-21(12-16)28-15-27-20/h2-3,6-9,12,18H,4-5,10-11,13-15H2,1H3,(H2,23,24,29)/t18-/m0/s1. The zero-order valence-electron chi connectivity index (χ0n) is 16.6. The summed E-state index contributed by atoms with van der Waals surface area (Å²) < 4.78 is 16.4. The number of ether oxygens (including phenoxy) is 3. The highest BCUT2D eigenvalue weighted by Gasteiger charge is 2.26. The van der Waals surface area contributed by atoms with Crippen LogP contribution in [0, 0.1) is 0 Å². The van der Waals surface area contributed by atoms with Crippen molar-refractivity contribution in [3.05, 3.63) is 53.6 Å². The van der Waals surface area contributed by atoms with Crippen molar-refractivity contribution in [2.45, 2.75) is 25.4 Å². The molecule has 2 N–H and O–H groups in total. The highest BCUT2D eigenvalue weighted by Crippen LogP contribution is 2.33. The monoisotopic (exact) mass is 413 g/mol. The molecule has 154 valence electrons. The van der Waals surface area contributed by atoms with Gasteiger partial charge in [0.25, 0.3) is 0 Å². The number of likely N-dealkylation sites (tertiary alicyclic amines) is 1. The van der Waals surface area contributed by atoms with E-state index >= 15 is 0 Å². The Morgan fingerprint density at radius 2 is 1.90 bits per heavy atom. The maximum Gasteiger partial charge on any atom is 0.231 e. The van der Waals surface area contributed by atoms with Crippen LogP contribution >= 0.6 is 12.2 Å². The van der Waals surface area contributed by atoms with E-state index in [-0.39, 0.29) is 12.8 Å². The lowest BCUT2D eigenvalue weighted by molar-refractivity contribution is 0.174. The molecule has 0 unspecified atom stereocenters. The number of hydrogen-bond donors (Lipinski definition) is 2. The second-order valence-electron chi connectivity index (χ2n) is 7.25. The average molecular weight is 414 g/mol. The SMILES string of the molecule is COc1ccccc1[C@H](CNC(=S)NCc1ccc2c(c1)OCO2)N1CCCC1. The Morgan fingerprint density at radius 1 is 1.10 bits per heavy atom. The lowest BCUT2D eigenvalue weighted by Crippen LogP contribution is -2.41. The van der Waals surface area contributed by atoms with Crippen LogP contribution < -0.4 is 24.8 Å². The zero-order chi connectivity index (χ0) is 20.1. The number of hydrogen-bond acceptors (Lipinski definition) is 5. The van der Waals surface area contributed by atoms with Gasteiger partial charge in [-0.2, -0.15) is 0 Å². The summed E-state index contributed by atoms with van der Waals surface area (Å²) in [6, 6.07) is 14.4. The lowest BCUT2D eigenvalue weighted by Gasteiger charge is -2.29. The van der Waals surface area contributed by atoms with Crippen LogP contribution in [0.4, 0.5) is 0 Å². The van der Waals surface area contributed by atoms with Crippen molar-refractivity contribution in [2.75, 3.05) is 33.5 Å². The molecule has 6 nitrogen and oxygen atoms in total. The van der Waals surface area contributed by atoms with E-state index in [1.807, 2.05) is 30.3 Å². The Kier molecular flexibility index (Phi) is 6.36. The zero-order valence-corrected chi connectivity index (χ0v) is 17.5. The molecule has 4 rings (SSSR count). The summed E-state index contributed by atoms with van der Waals surface area (Å²) in [6.45, 7) is 3.84. The predicted molar refractivity (Wildman–Crippen MR) is 117 cm³/mol. The molecule has 0 radical (unpaired) electrons. The van der Waals surface area contributed by atoms with E-state index in [0.717, 1.165) is 42.4 Å². The Hall–Kier alpha value is -2.51. The van der Waals surface area contributed by atoms with Gasteiger partial charge in [-0.1, -0.05) is 24.3 Å². The Bertz CT molecular complexity index is 855. The van der Waals surface area contributed by atoms with Crippen molar-refractivity contribution in [3.8, 4) is 17.2 Å². The van der Waals surface area contributed by atoms with Gasteiger partial charge in [0.05, 0.1) is 13.2 Å². The van der Waals surface area contributed by atoms with Crippen LogP contribution in [0.15, 0.2) is 42.5 Å². The van der Waals surface area contributed by atoms with E-state index in [2.05, 4.69) is 27.7 Å². The van der Waals surface area contributed by atoms with Crippen molar-refractivity contribution >= 4 is 17.3 Å². The second kappa shape index (κ2) is 9.33. The summed E-state index contributed by atoms with van der Waals surface area (Å²) in [7, 11) is 1.73. The largest absolute Gasteiger partial charge is 0.496 e. The summed E-state index contributed by atoms with van der Waals surface area (Å²) in [5.41, 5.74) is 2.29. The molecule has 0 aromatic heterocycles. The average Bonchev–Trinajstić information content (AvgIpc) is 3.44. The second-order valence-corrected chi connectivity index (χ2v) is 7.66. The molecule has 0 saturated carbocycles. The van der Waals surface area contributed by atoms with Gasteiger partial charge in [0.1, 0.15) is 5.75 Å². The first-order valence-electron chi connectivity index (χ1n) is 10.0. The molecular formula is C22H27N3O3S. The van der Waals surface area contributed by atoms with Crippen molar-refractivity contribution in [1.29, 1.82) is 0 Å². The third-order valence-electron chi connectivity index (χ3n) is 5.43. The van der Waals surface area contributed by atoms with Gasteiger partial charge in [-0.15, -0.1) is 0 Å². The van der Waals surface area contributed by atoms with Gasteiger partial charge < -0.3 is 24.8 Å². The van der Waals surface area contributed by atoms with Crippen LogP contribution in [0.5, 0.6) is 17.2 Å². The molecule has 0 spiro atoms. The molecule has 29 heavy (non-hydrogen) atoms. The fourth-order valence-corrected chi connectivity index (χ4v) is 4.07. The van der Waals surface area contributed by atoms with Crippen molar-refractivity contribution < 1.29 is 14.2 Å². The van der Waals surface area contributed by atoms with Crippen LogP contribution in [-0.2, 0) is 6.54 Å². The first kappa shape index (κ1) is 19.8. The first-order chi connectivity index (χ1) is 14.2. The molecule has 7 heteroatoms. The molecule has 2 aliphatic rings. The van der Waals surface area contributed by atoms with E-state index < -0.39 is 0 Å². The Morgan fingerprint density at radius 3 is 2.72 bits per heavy atom. The maximum absolute atomic E-state index is 5.61. The van der Waals surface area contributed by atoms with Crippen molar-refractivity contribution in [1.82, 2.24) is 15.5 Å². The van der Waals surface area contributed by atoms with E-state index in [4.69, 9.17) is 26.4 Å². The molecular weight excluding hydrogens is 386 g/mol. The molecule has 1 atom stereocenters. The van der Waals surface area contributed by atoms with Crippen LogP contribution in [0.3, 0.4) is 0 Å². The summed E-state index contributed by atoms with van der Waals surface area (Å²) in [6.07, 6.45) is 2.47. The predicted octanol–water partition coefficient (Wildman–Crippen LogP) is 3.23.